The molecule has 1 nitrogen and oxygen atoms in total. The van der Waals surface area contributed by atoms with Crippen molar-refractivity contribution in [3.8, 4) is 0 Å². The lowest BCUT2D eigenvalue weighted by atomic mass is 10.1. The molecule has 0 spiro atoms. The van der Waals surface area contributed by atoms with Crippen molar-refractivity contribution in [2.24, 2.45) is 0 Å². The summed E-state index contributed by atoms with van der Waals surface area (Å²) in [5.74, 6) is 0.222. The lowest BCUT2D eigenvalue weighted by molar-refractivity contribution is 0.200. The van der Waals surface area contributed by atoms with Crippen LogP contribution in [-0.4, -0.2) is 17.0 Å². The van der Waals surface area contributed by atoms with E-state index in [1.54, 1.807) is 17.8 Å². The highest BCUT2D eigenvalue weighted by Gasteiger charge is 2.10. The normalized spacial score (nSPS) is 12.4. The number of aliphatic hydroxyl groups is 1. The van der Waals surface area contributed by atoms with Gasteiger partial charge in [-0.25, -0.2) is 4.39 Å². The van der Waals surface area contributed by atoms with Crippen LogP contribution in [0.25, 0.3) is 0 Å². The second kappa shape index (κ2) is 7.11. The smallest absolute Gasteiger partial charge is 0.124 e. The first-order chi connectivity index (χ1) is 9.54. The molecule has 106 valence electrons. The molecule has 2 rings (SSSR count). The average Bonchev–Trinajstić information content (AvgIpc) is 2.40. The Bertz CT molecular complexity index is 588. The van der Waals surface area contributed by atoms with Crippen LogP contribution in [0.4, 0.5) is 4.39 Å². The van der Waals surface area contributed by atoms with Crippen molar-refractivity contribution in [2.75, 3.05) is 5.75 Å². The average molecular weight is 311 g/mol. The predicted octanol–water partition coefficient (Wildman–Crippen LogP) is 4.48. The quantitative estimate of drug-likeness (QED) is 0.822. The van der Waals surface area contributed by atoms with Crippen molar-refractivity contribution in [3.05, 3.63) is 64.4 Å². The summed E-state index contributed by atoms with van der Waals surface area (Å²) in [6.45, 7) is 2.04. The molecule has 1 N–H and O–H groups in total. The maximum atomic E-state index is 12.9. The Balaban J connectivity index is 1.90. The topological polar surface area (TPSA) is 20.2 Å². The van der Waals surface area contributed by atoms with Crippen LogP contribution in [-0.2, 0) is 6.42 Å². The number of halogens is 2. The van der Waals surface area contributed by atoms with Gasteiger partial charge in [0.15, 0.2) is 0 Å². The van der Waals surface area contributed by atoms with Crippen LogP contribution >= 0.6 is 23.4 Å². The molecule has 0 fully saturated rings. The minimum absolute atomic E-state index is 0.359. The van der Waals surface area contributed by atoms with E-state index >= 15 is 0 Å². The Morgan fingerprint density at radius 3 is 2.75 bits per heavy atom. The monoisotopic (exact) mass is 310 g/mol. The summed E-state index contributed by atoms with van der Waals surface area (Å²) in [6, 6.07) is 12.4. The molecule has 0 amide bonds. The summed E-state index contributed by atoms with van der Waals surface area (Å²) in [4.78, 5) is 1.13. The van der Waals surface area contributed by atoms with Crippen molar-refractivity contribution in [1.82, 2.24) is 0 Å². The van der Waals surface area contributed by atoms with E-state index in [1.807, 2.05) is 25.1 Å². The molecule has 20 heavy (non-hydrogen) atoms. The fraction of sp³-hybridized carbons (Fsp3) is 0.250. The van der Waals surface area contributed by atoms with Gasteiger partial charge in [0.2, 0.25) is 0 Å². The molecule has 2 aromatic rings. The molecule has 0 saturated carbocycles. The number of thioether (sulfide) groups is 1. The second-order valence-electron chi connectivity index (χ2n) is 4.72. The number of aliphatic hydroxyl groups excluding tert-OH is 1. The second-order valence-corrected chi connectivity index (χ2v) is 6.22. The zero-order valence-electron chi connectivity index (χ0n) is 11.1. The lowest BCUT2D eigenvalue weighted by Gasteiger charge is -2.12. The van der Waals surface area contributed by atoms with E-state index in [-0.39, 0.29) is 5.82 Å². The van der Waals surface area contributed by atoms with Gasteiger partial charge in [-0.2, -0.15) is 0 Å². The van der Waals surface area contributed by atoms with E-state index in [0.717, 1.165) is 10.5 Å². The fourth-order valence-electron chi connectivity index (χ4n) is 1.90. The zero-order chi connectivity index (χ0) is 14.5. The first-order valence-corrected chi connectivity index (χ1v) is 7.72. The molecular formula is C16H16ClFOS. The molecule has 4 heteroatoms. The maximum absolute atomic E-state index is 12.9. The van der Waals surface area contributed by atoms with E-state index < -0.39 is 6.10 Å². The Morgan fingerprint density at radius 1 is 1.25 bits per heavy atom. The summed E-state index contributed by atoms with van der Waals surface area (Å²) >= 11 is 7.56. The number of hydrogen-bond acceptors (Lipinski definition) is 2. The van der Waals surface area contributed by atoms with Crippen molar-refractivity contribution in [1.29, 1.82) is 0 Å². The number of benzene rings is 2. The van der Waals surface area contributed by atoms with Gasteiger partial charge >= 0.3 is 0 Å². The molecule has 0 bridgehead atoms. The van der Waals surface area contributed by atoms with Crippen molar-refractivity contribution >= 4 is 23.4 Å². The largest absolute Gasteiger partial charge is 0.392 e. The molecule has 2 aromatic carbocycles. The highest BCUT2D eigenvalue weighted by molar-refractivity contribution is 7.99. The molecule has 0 aromatic heterocycles. The van der Waals surface area contributed by atoms with E-state index in [0.29, 0.717) is 17.2 Å². The number of rotatable bonds is 5. The van der Waals surface area contributed by atoms with E-state index in [1.165, 1.54) is 17.7 Å². The lowest BCUT2D eigenvalue weighted by Crippen LogP contribution is -2.13. The highest BCUT2D eigenvalue weighted by Crippen LogP contribution is 2.23. The predicted molar refractivity (Wildman–Crippen MR) is 83.0 cm³/mol. The first kappa shape index (κ1) is 15.4. The van der Waals surface area contributed by atoms with Crippen LogP contribution in [0, 0.1) is 12.7 Å². The molecule has 0 heterocycles. The molecule has 1 unspecified atom stereocenters. The van der Waals surface area contributed by atoms with Gasteiger partial charge in [-0.3, -0.25) is 0 Å². The Hall–Kier alpha value is -1.03. The van der Waals surface area contributed by atoms with E-state index in [4.69, 9.17) is 11.6 Å². The van der Waals surface area contributed by atoms with Gasteiger partial charge in [-0.1, -0.05) is 35.4 Å². The van der Waals surface area contributed by atoms with Crippen molar-refractivity contribution in [3.63, 3.8) is 0 Å². The van der Waals surface area contributed by atoms with Gasteiger partial charge in [0.05, 0.1) is 6.10 Å². The van der Waals surface area contributed by atoms with Crippen LogP contribution in [0.1, 0.15) is 11.1 Å². The van der Waals surface area contributed by atoms with Gasteiger partial charge < -0.3 is 5.11 Å². The maximum Gasteiger partial charge on any atom is 0.124 e. The Labute approximate surface area is 127 Å². The molecular weight excluding hydrogens is 295 g/mol. The SMILES string of the molecule is Cc1cccc(SCC(O)Cc2ccc(F)cc2Cl)c1. The van der Waals surface area contributed by atoms with Crippen molar-refractivity contribution in [2.45, 2.75) is 24.3 Å². The zero-order valence-corrected chi connectivity index (χ0v) is 12.7. The third-order valence-electron chi connectivity index (χ3n) is 2.90. The van der Waals surface area contributed by atoms with E-state index in [9.17, 15) is 9.50 Å². The minimum atomic E-state index is -0.511. The Morgan fingerprint density at radius 2 is 2.05 bits per heavy atom. The molecule has 0 aliphatic carbocycles. The summed E-state index contributed by atoms with van der Waals surface area (Å²) in [7, 11) is 0. The van der Waals surface area contributed by atoms with E-state index in [2.05, 4.69) is 6.07 Å². The summed E-state index contributed by atoms with van der Waals surface area (Å²) in [5, 5.41) is 10.4. The van der Waals surface area contributed by atoms with Gasteiger partial charge in [-0.15, -0.1) is 11.8 Å². The summed E-state index contributed by atoms with van der Waals surface area (Å²) < 4.78 is 12.9. The molecule has 0 aliphatic heterocycles. The molecule has 1 atom stereocenters. The molecule has 0 saturated heterocycles. The minimum Gasteiger partial charge on any atom is -0.392 e. The van der Waals surface area contributed by atoms with Gasteiger partial charge in [0.25, 0.3) is 0 Å². The molecule has 0 radical (unpaired) electrons. The van der Waals surface area contributed by atoms with Crippen LogP contribution < -0.4 is 0 Å². The summed E-state index contributed by atoms with van der Waals surface area (Å²) in [5.41, 5.74) is 1.97. The first-order valence-electron chi connectivity index (χ1n) is 6.36. The van der Waals surface area contributed by atoms with Gasteiger partial charge in [0, 0.05) is 22.1 Å². The third kappa shape index (κ3) is 4.51. The van der Waals surface area contributed by atoms with Gasteiger partial charge in [0.1, 0.15) is 5.82 Å². The number of aryl methyl sites for hydroxylation is 1. The van der Waals surface area contributed by atoms with Crippen LogP contribution in [0.3, 0.4) is 0 Å². The summed E-state index contributed by atoms with van der Waals surface area (Å²) in [6.07, 6.45) is -0.0822. The standard InChI is InChI=1S/C16H16ClFOS/c1-11-3-2-4-15(7-11)20-10-14(19)8-12-5-6-13(18)9-16(12)17/h2-7,9,14,19H,8,10H2,1H3. The molecule has 0 aliphatic rings. The highest BCUT2D eigenvalue weighted by atomic mass is 35.5. The van der Waals surface area contributed by atoms with Crippen LogP contribution in [0.5, 0.6) is 0 Å². The number of hydrogen-bond donors (Lipinski definition) is 1. The fourth-order valence-corrected chi connectivity index (χ4v) is 3.09. The Kier molecular flexibility index (Phi) is 5.46. The third-order valence-corrected chi connectivity index (χ3v) is 4.39. The van der Waals surface area contributed by atoms with Crippen LogP contribution in [0.15, 0.2) is 47.4 Å². The van der Waals surface area contributed by atoms with Crippen LogP contribution in [0.2, 0.25) is 5.02 Å². The van der Waals surface area contributed by atoms with Crippen molar-refractivity contribution < 1.29 is 9.50 Å². The van der Waals surface area contributed by atoms with Gasteiger partial charge in [-0.05, 0) is 36.8 Å².